The first-order chi connectivity index (χ1) is 18.4. The van der Waals surface area contributed by atoms with Crippen LogP contribution >= 0.6 is 0 Å². The number of nitrogens with zero attached hydrogens (tertiary/aromatic N) is 1. The number of benzene rings is 2. The average Bonchev–Trinajstić information content (AvgIpc) is 3.33. The fourth-order valence-corrected chi connectivity index (χ4v) is 5.08. The zero-order valence-electron chi connectivity index (χ0n) is 23.1. The van der Waals surface area contributed by atoms with Gasteiger partial charge in [0.05, 0.1) is 32.5 Å². The molecule has 0 spiro atoms. The molecule has 38 heavy (non-hydrogen) atoms. The topological polar surface area (TPSA) is 68.2 Å². The Balaban J connectivity index is 1.66. The number of hydrogen-bond acceptors (Lipinski definition) is 6. The maximum atomic E-state index is 14.0. The third-order valence-corrected chi connectivity index (χ3v) is 7.03. The number of aliphatic hydroxyl groups is 1. The van der Waals surface area contributed by atoms with Crippen LogP contribution in [0.4, 0.5) is 4.39 Å². The Bertz CT molecular complexity index is 1070. The summed E-state index contributed by atoms with van der Waals surface area (Å²) in [6, 6.07) is 11.4. The number of likely N-dealkylation sites (tertiary alicyclic amines) is 1. The number of hydrogen-bond donors (Lipinski definition) is 1. The van der Waals surface area contributed by atoms with Crippen molar-refractivity contribution < 1.29 is 28.5 Å². The summed E-state index contributed by atoms with van der Waals surface area (Å²) < 4.78 is 30.9. The number of esters is 1. The highest BCUT2D eigenvalue weighted by Crippen LogP contribution is 2.33. The van der Waals surface area contributed by atoms with Gasteiger partial charge in [-0.1, -0.05) is 37.6 Å². The number of aliphatic hydroxyl groups excluding tert-OH is 1. The van der Waals surface area contributed by atoms with Gasteiger partial charge in [-0.3, -0.25) is 4.90 Å². The van der Waals surface area contributed by atoms with Crippen molar-refractivity contribution in [3.63, 3.8) is 0 Å². The Hall–Kier alpha value is -2.74. The highest BCUT2D eigenvalue weighted by atomic mass is 19.1. The molecule has 6 nitrogen and oxygen atoms in total. The van der Waals surface area contributed by atoms with E-state index in [0.717, 1.165) is 55.3 Å². The van der Waals surface area contributed by atoms with Crippen LogP contribution in [-0.4, -0.2) is 61.5 Å². The predicted molar refractivity (Wildman–Crippen MR) is 148 cm³/mol. The first kappa shape index (κ1) is 29.8. The summed E-state index contributed by atoms with van der Waals surface area (Å²) in [4.78, 5) is 14.2. The van der Waals surface area contributed by atoms with E-state index in [4.69, 9.17) is 14.2 Å². The Morgan fingerprint density at radius 3 is 2.79 bits per heavy atom. The van der Waals surface area contributed by atoms with E-state index in [2.05, 4.69) is 11.8 Å². The summed E-state index contributed by atoms with van der Waals surface area (Å²) in [5.74, 6) is 0.0542. The Kier molecular flexibility index (Phi) is 11.8. The lowest BCUT2D eigenvalue weighted by Crippen LogP contribution is -2.39. The van der Waals surface area contributed by atoms with Gasteiger partial charge in [-0.05, 0) is 81.0 Å². The van der Waals surface area contributed by atoms with E-state index in [9.17, 15) is 14.3 Å². The minimum atomic E-state index is -0.658. The molecular formula is C31H42FNO5. The van der Waals surface area contributed by atoms with Crippen molar-refractivity contribution in [3.05, 3.63) is 70.5 Å². The molecule has 2 aromatic rings. The second kappa shape index (κ2) is 15.0. The first-order valence-corrected chi connectivity index (χ1v) is 13.7. The molecule has 2 aromatic carbocycles. The maximum Gasteiger partial charge on any atom is 0.330 e. The molecule has 0 amide bonds. The van der Waals surface area contributed by atoms with Gasteiger partial charge in [-0.2, -0.15) is 0 Å². The molecule has 0 unspecified atom stereocenters. The molecule has 1 fully saturated rings. The molecule has 1 aliphatic rings. The third-order valence-electron chi connectivity index (χ3n) is 7.03. The Labute approximate surface area is 226 Å². The minimum Gasteiger partial charge on any atom is -0.496 e. The number of β-amino-alcohol motifs (C(OH)–C–C–N with tert-alkyl or cyclic N) is 1. The van der Waals surface area contributed by atoms with Crippen molar-refractivity contribution in [2.24, 2.45) is 0 Å². The van der Waals surface area contributed by atoms with Gasteiger partial charge in [0.15, 0.2) is 0 Å². The van der Waals surface area contributed by atoms with E-state index >= 15 is 0 Å². The van der Waals surface area contributed by atoms with Crippen molar-refractivity contribution in [1.82, 2.24) is 4.90 Å². The van der Waals surface area contributed by atoms with Gasteiger partial charge in [0.2, 0.25) is 0 Å². The van der Waals surface area contributed by atoms with Crippen LogP contribution in [0.1, 0.15) is 67.9 Å². The lowest BCUT2D eigenvalue weighted by Gasteiger charge is -2.28. The number of carbonyl (C=O) groups excluding carboxylic acids is 1. The number of halogens is 1. The maximum absolute atomic E-state index is 14.0. The van der Waals surface area contributed by atoms with Crippen molar-refractivity contribution in [2.75, 3.05) is 33.4 Å². The average molecular weight is 528 g/mol. The van der Waals surface area contributed by atoms with Gasteiger partial charge in [0, 0.05) is 24.2 Å². The smallest absolute Gasteiger partial charge is 0.330 e. The highest BCUT2D eigenvalue weighted by molar-refractivity contribution is 5.88. The van der Waals surface area contributed by atoms with Gasteiger partial charge in [-0.25, -0.2) is 9.18 Å². The summed E-state index contributed by atoms with van der Waals surface area (Å²) in [5, 5.41) is 10.9. The molecule has 1 saturated heterocycles. The predicted octanol–water partition coefficient (Wildman–Crippen LogP) is 5.64. The Morgan fingerprint density at radius 1 is 1.26 bits per heavy atom. The lowest BCUT2D eigenvalue weighted by molar-refractivity contribution is -0.137. The number of aryl methyl sites for hydroxylation is 1. The molecule has 1 aliphatic heterocycles. The molecule has 1 heterocycles. The van der Waals surface area contributed by atoms with Crippen molar-refractivity contribution in [3.8, 4) is 5.75 Å². The zero-order chi connectivity index (χ0) is 27.5. The van der Waals surface area contributed by atoms with Gasteiger partial charge in [0.1, 0.15) is 11.6 Å². The van der Waals surface area contributed by atoms with Crippen LogP contribution in [-0.2, 0) is 20.7 Å². The summed E-state index contributed by atoms with van der Waals surface area (Å²) >= 11 is 0. The van der Waals surface area contributed by atoms with Gasteiger partial charge >= 0.3 is 5.97 Å². The molecular weight excluding hydrogens is 485 g/mol. The Morgan fingerprint density at radius 2 is 2.08 bits per heavy atom. The van der Waals surface area contributed by atoms with Crippen LogP contribution in [0.2, 0.25) is 0 Å². The van der Waals surface area contributed by atoms with Gasteiger partial charge in [-0.15, -0.1) is 0 Å². The number of carbonyl (C=O) groups is 1. The molecule has 1 N–H and O–H groups in total. The largest absolute Gasteiger partial charge is 0.496 e. The van der Waals surface area contributed by atoms with Crippen LogP contribution in [0, 0.1) is 12.7 Å². The fourth-order valence-electron chi connectivity index (χ4n) is 5.08. The SMILES string of the molecule is CCC[C@@H](OC[C@H](O)CN1CCC[C@H]1Cc1ccc(C)c(F)c1)c1cccc(OC)c1/C=C/C(=O)OCC. The van der Waals surface area contributed by atoms with Gasteiger partial charge in [0.25, 0.3) is 0 Å². The second-order valence-corrected chi connectivity index (χ2v) is 9.89. The monoisotopic (exact) mass is 527 g/mol. The molecule has 3 atom stereocenters. The second-order valence-electron chi connectivity index (χ2n) is 9.89. The highest BCUT2D eigenvalue weighted by Gasteiger charge is 2.27. The number of rotatable bonds is 14. The van der Waals surface area contributed by atoms with Crippen LogP contribution in [0.3, 0.4) is 0 Å². The van der Waals surface area contributed by atoms with Crippen LogP contribution in [0.5, 0.6) is 5.75 Å². The molecule has 3 rings (SSSR count). The van der Waals surface area contributed by atoms with E-state index in [1.807, 2.05) is 30.3 Å². The van der Waals surface area contributed by atoms with E-state index in [-0.39, 0.29) is 24.6 Å². The number of methoxy groups -OCH3 is 1. The van der Waals surface area contributed by atoms with E-state index in [0.29, 0.717) is 24.5 Å². The standard InChI is InChI=1S/C31H42FNO5/c1-5-9-30(26-11-7-12-29(36-4)27(26)15-16-31(35)37-6-2)38-21-25(34)20-33-17-8-10-24(33)18-23-14-13-22(3)28(32)19-23/h7,11-16,19,24-25,30,34H,5-6,8-10,17-18,20-21H2,1-4H3/b16-15+/t24-,25+,30+/m0/s1. The molecule has 208 valence electrons. The molecule has 0 saturated carbocycles. The van der Waals surface area contributed by atoms with E-state index in [1.165, 1.54) is 6.08 Å². The molecule has 0 aromatic heterocycles. The molecule has 7 heteroatoms. The van der Waals surface area contributed by atoms with Crippen molar-refractivity contribution >= 4 is 12.0 Å². The van der Waals surface area contributed by atoms with E-state index < -0.39 is 12.1 Å². The minimum absolute atomic E-state index is 0.170. The summed E-state index contributed by atoms with van der Waals surface area (Å²) in [7, 11) is 1.59. The third kappa shape index (κ3) is 8.38. The van der Waals surface area contributed by atoms with Gasteiger partial charge < -0.3 is 19.3 Å². The van der Waals surface area contributed by atoms with Crippen LogP contribution in [0.25, 0.3) is 6.08 Å². The summed E-state index contributed by atoms with van der Waals surface area (Å²) in [6.45, 7) is 7.53. The lowest BCUT2D eigenvalue weighted by atomic mass is 9.97. The fraction of sp³-hybridized carbons (Fsp3) is 0.516. The quantitative estimate of drug-likeness (QED) is 0.253. The van der Waals surface area contributed by atoms with Crippen molar-refractivity contribution in [1.29, 1.82) is 0 Å². The van der Waals surface area contributed by atoms with Crippen LogP contribution in [0.15, 0.2) is 42.5 Å². The molecule has 0 aliphatic carbocycles. The first-order valence-electron chi connectivity index (χ1n) is 13.7. The summed E-state index contributed by atoms with van der Waals surface area (Å²) in [5.41, 5.74) is 3.31. The van der Waals surface area contributed by atoms with E-state index in [1.54, 1.807) is 33.1 Å². The normalized spacial score (nSPS) is 17.6. The van der Waals surface area contributed by atoms with Crippen molar-refractivity contribution in [2.45, 2.75) is 71.1 Å². The summed E-state index contributed by atoms with van der Waals surface area (Å²) in [6.07, 6.45) is 6.68. The van der Waals surface area contributed by atoms with Crippen LogP contribution < -0.4 is 4.74 Å². The molecule has 0 radical (unpaired) electrons. The zero-order valence-corrected chi connectivity index (χ0v) is 23.1. The molecule has 0 bridgehead atoms. The number of ether oxygens (including phenoxy) is 3.